The fraction of sp³-hybridized carbons (Fsp3) is 0.647. The molecule has 0 aromatic heterocycles. The average molecular weight is 278 g/mol. The molecule has 1 unspecified atom stereocenters. The Bertz CT molecular complexity index is 362. The van der Waals surface area contributed by atoms with Crippen LogP contribution >= 0.6 is 0 Å². The van der Waals surface area contributed by atoms with Gasteiger partial charge in [0.1, 0.15) is 5.75 Å². The molecule has 0 saturated heterocycles. The van der Waals surface area contributed by atoms with E-state index in [1.807, 2.05) is 14.0 Å². The van der Waals surface area contributed by atoms with Gasteiger partial charge in [0.2, 0.25) is 0 Å². The second-order valence-electron chi connectivity index (χ2n) is 5.59. The van der Waals surface area contributed by atoms with Crippen LogP contribution in [0.5, 0.6) is 5.75 Å². The van der Waals surface area contributed by atoms with Gasteiger partial charge in [-0.3, -0.25) is 0 Å². The van der Waals surface area contributed by atoms with Crippen molar-refractivity contribution >= 4 is 0 Å². The monoisotopic (exact) mass is 278 g/mol. The van der Waals surface area contributed by atoms with Gasteiger partial charge in [0.15, 0.2) is 0 Å². The van der Waals surface area contributed by atoms with Crippen LogP contribution in [0.2, 0.25) is 0 Å². The molecule has 0 aliphatic carbocycles. The first-order chi connectivity index (χ1) is 9.60. The predicted molar refractivity (Wildman–Crippen MR) is 86.4 cm³/mol. The topological polar surface area (TPSA) is 24.5 Å². The first-order valence-corrected chi connectivity index (χ1v) is 7.73. The van der Waals surface area contributed by atoms with Crippen molar-refractivity contribution in [3.8, 4) is 5.75 Å². The van der Waals surface area contributed by atoms with Crippen LogP contribution in [0.3, 0.4) is 0 Å². The van der Waals surface area contributed by atoms with Crippen LogP contribution in [0, 0.1) is 5.92 Å². The molecule has 1 aromatic carbocycles. The van der Waals surface area contributed by atoms with Crippen LogP contribution in [0.15, 0.2) is 24.3 Å². The Morgan fingerprint density at radius 1 is 1.10 bits per heavy atom. The molecule has 1 rings (SSSR count). The van der Waals surface area contributed by atoms with E-state index in [4.69, 9.17) is 4.74 Å². The van der Waals surface area contributed by atoms with E-state index in [-0.39, 0.29) is 0 Å². The van der Waals surface area contributed by atoms with Crippen molar-refractivity contribution in [1.29, 1.82) is 0 Å². The summed E-state index contributed by atoms with van der Waals surface area (Å²) in [6, 6.07) is 8.80. The van der Waals surface area contributed by atoms with Crippen molar-refractivity contribution in [1.82, 2.24) is 10.2 Å². The van der Waals surface area contributed by atoms with Crippen molar-refractivity contribution in [2.24, 2.45) is 5.92 Å². The molecular weight excluding hydrogens is 248 g/mol. The largest absolute Gasteiger partial charge is 0.494 e. The second kappa shape index (κ2) is 8.98. The molecule has 1 aromatic rings. The van der Waals surface area contributed by atoms with Crippen LogP contribution in [0.25, 0.3) is 0 Å². The fourth-order valence-electron chi connectivity index (χ4n) is 2.43. The summed E-state index contributed by atoms with van der Waals surface area (Å²) in [5, 5.41) is 3.43. The Labute approximate surface area is 124 Å². The number of ether oxygens (including phenoxy) is 1. The van der Waals surface area contributed by atoms with Crippen LogP contribution < -0.4 is 10.1 Å². The number of benzene rings is 1. The molecule has 1 atom stereocenters. The Morgan fingerprint density at radius 3 is 2.20 bits per heavy atom. The summed E-state index contributed by atoms with van der Waals surface area (Å²) < 4.78 is 5.50. The zero-order valence-corrected chi connectivity index (χ0v) is 13.6. The summed E-state index contributed by atoms with van der Waals surface area (Å²) in [5.74, 6) is 1.65. The van der Waals surface area contributed by atoms with E-state index in [0.29, 0.717) is 18.6 Å². The van der Waals surface area contributed by atoms with Gasteiger partial charge < -0.3 is 15.0 Å². The van der Waals surface area contributed by atoms with Crippen molar-refractivity contribution < 1.29 is 4.74 Å². The summed E-state index contributed by atoms with van der Waals surface area (Å²) in [6.07, 6.45) is 0. The molecule has 0 spiro atoms. The van der Waals surface area contributed by atoms with Crippen molar-refractivity contribution in [3.63, 3.8) is 0 Å². The average Bonchev–Trinajstić information content (AvgIpc) is 2.44. The Hall–Kier alpha value is -1.06. The Morgan fingerprint density at radius 2 is 1.75 bits per heavy atom. The summed E-state index contributed by atoms with van der Waals surface area (Å²) in [7, 11) is 2.03. The molecule has 0 aliphatic heterocycles. The molecule has 3 nitrogen and oxygen atoms in total. The van der Waals surface area contributed by atoms with E-state index < -0.39 is 0 Å². The van der Waals surface area contributed by atoms with E-state index in [1.54, 1.807) is 0 Å². The molecule has 1 N–H and O–H groups in total. The normalized spacial score (nSPS) is 12.9. The highest BCUT2D eigenvalue weighted by Gasteiger charge is 2.14. The van der Waals surface area contributed by atoms with Gasteiger partial charge in [0, 0.05) is 19.1 Å². The number of hydrogen-bond acceptors (Lipinski definition) is 3. The summed E-state index contributed by atoms with van der Waals surface area (Å²) >= 11 is 0. The van der Waals surface area contributed by atoms with Gasteiger partial charge in [0.05, 0.1) is 6.61 Å². The molecule has 0 amide bonds. The van der Waals surface area contributed by atoms with Gasteiger partial charge in [-0.1, -0.05) is 32.9 Å². The van der Waals surface area contributed by atoms with Crippen molar-refractivity contribution in [2.75, 3.05) is 33.3 Å². The van der Waals surface area contributed by atoms with E-state index in [9.17, 15) is 0 Å². The number of hydrogen-bond donors (Lipinski definition) is 1. The lowest BCUT2D eigenvalue weighted by atomic mass is 10.1. The molecule has 0 aliphatic rings. The SMILES string of the molecule is CCOc1ccc(C(CN(CC)CC(C)C)NC)cc1. The maximum Gasteiger partial charge on any atom is 0.119 e. The van der Waals surface area contributed by atoms with Crippen LogP contribution in [0.1, 0.15) is 39.3 Å². The lowest BCUT2D eigenvalue weighted by Crippen LogP contribution is -2.36. The highest BCUT2D eigenvalue weighted by molar-refractivity contribution is 5.29. The molecule has 0 bridgehead atoms. The third-order valence-electron chi connectivity index (χ3n) is 3.45. The molecule has 3 heteroatoms. The molecule has 20 heavy (non-hydrogen) atoms. The van der Waals surface area contributed by atoms with E-state index in [1.165, 1.54) is 5.56 Å². The van der Waals surface area contributed by atoms with E-state index in [0.717, 1.165) is 25.4 Å². The minimum atomic E-state index is 0.365. The van der Waals surface area contributed by atoms with Crippen LogP contribution in [-0.2, 0) is 0 Å². The summed E-state index contributed by atoms with van der Waals surface area (Å²) in [4.78, 5) is 2.50. The van der Waals surface area contributed by atoms with Crippen molar-refractivity contribution in [3.05, 3.63) is 29.8 Å². The third kappa shape index (κ3) is 5.51. The van der Waals surface area contributed by atoms with Crippen LogP contribution in [0.4, 0.5) is 0 Å². The third-order valence-corrected chi connectivity index (χ3v) is 3.45. The molecule has 114 valence electrons. The zero-order chi connectivity index (χ0) is 15.0. The van der Waals surface area contributed by atoms with Gasteiger partial charge in [-0.05, 0) is 44.1 Å². The zero-order valence-electron chi connectivity index (χ0n) is 13.6. The molecule has 0 saturated carbocycles. The quantitative estimate of drug-likeness (QED) is 0.750. The highest BCUT2D eigenvalue weighted by atomic mass is 16.5. The van der Waals surface area contributed by atoms with Gasteiger partial charge in [-0.25, -0.2) is 0 Å². The van der Waals surface area contributed by atoms with E-state index in [2.05, 4.69) is 55.3 Å². The van der Waals surface area contributed by atoms with Gasteiger partial charge >= 0.3 is 0 Å². The second-order valence-corrected chi connectivity index (χ2v) is 5.59. The number of likely N-dealkylation sites (N-methyl/N-ethyl adjacent to an activating group) is 2. The first kappa shape index (κ1) is 17.0. The smallest absolute Gasteiger partial charge is 0.119 e. The Kier molecular flexibility index (Phi) is 7.63. The first-order valence-electron chi connectivity index (χ1n) is 7.73. The van der Waals surface area contributed by atoms with Gasteiger partial charge in [-0.2, -0.15) is 0 Å². The number of rotatable bonds is 9. The van der Waals surface area contributed by atoms with Crippen molar-refractivity contribution in [2.45, 2.75) is 33.7 Å². The fourth-order valence-corrected chi connectivity index (χ4v) is 2.43. The van der Waals surface area contributed by atoms with Gasteiger partial charge in [-0.15, -0.1) is 0 Å². The standard InChI is InChI=1S/C17H30N2O/c1-6-19(12-14(3)4)13-17(18-5)15-8-10-16(11-9-15)20-7-2/h8-11,14,17-18H,6-7,12-13H2,1-5H3. The van der Waals surface area contributed by atoms with E-state index >= 15 is 0 Å². The lowest BCUT2D eigenvalue weighted by molar-refractivity contribution is 0.232. The summed E-state index contributed by atoms with van der Waals surface area (Å²) in [5.41, 5.74) is 1.32. The number of nitrogens with zero attached hydrogens (tertiary/aromatic N) is 1. The number of nitrogens with one attached hydrogen (secondary N) is 1. The summed E-state index contributed by atoms with van der Waals surface area (Å²) in [6.45, 7) is 12.8. The maximum absolute atomic E-state index is 5.50. The molecule has 0 heterocycles. The lowest BCUT2D eigenvalue weighted by Gasteiger charge is -2.28. The molecule has 0 fully saturated rings. The van der Waals surface area contributed by atoms with Gasteiger partial charge in [0.25, 0.3) is 0 Å². The highest BCUT2D eigenvalue weighted by Crippen LogP contribution is 2.19. The van der Waals surface area contributed by atoms with Crippen LogP contribution in [-0.4, -0.2) is 38.2 Å². The molecule has 0 radical (unpaired) electrons. The molecular formula is C17H30N2O. The minimum Gasteiger partial charge on any atom is -0.494 e. The maximum atomic E-state index is 5.50. The Balaban J connectivity index is 2.68. The predicted octanol–water partition coefficient (Wildman–Crippen LogP) is 3.32. The minimum absolute atomic E-state index is 0.365.